The maximum atomic E-state index is 12.0. The first kappa shape index (κ1) is 13.1. The molecule has 0 aromatic heterocycles. The van der Waals surface area contributed by atoms with E-state index in [0.717, 1.165) is 11.1 Å². The topological polar surface area (TPSA) is 49.3 Å². The van der Waals surface area contributed by atoms with Crippen molar-refractivity contribution < 1.29 is 9.90 Å². The van der Waals surface area contributed by atoms with Crippen molar-refractivity contribution in [3.63, 3.8) is 0 Å². The van der Waals surface area contributed by atoms with Crippen LogP contribution in [0.2, 0.25) is 0 Å². The normalized spacial score (nSPS) is 10.2. The van der Waals surface area contributed by atoms with Crippen molar-refractivity contribution in [1.29, 1.82) is 0 Å². The summed E-state index contributed by atoms with van der Waals surface area (Å²) in [6.07, 6.45) is 0. The summed E-state index contributed by atoms with van der Waals surface area (Å²) in [5.74, 6) is 0.0678. The summed E-state index contributed by atoms with van der Waals surface area (Å²) in [6.45, 7) is 4.25. The minimum atomic E-state index is -0.130. The smallest absolute Gasteiger partial charge is 0.251 e. The Kier molecular flexibility index (Phi) is 3.85. The number of hydrogen-bond donors (Lipinski definition) is 2. The van der Waals surface area contributed by atoms with Crippen LogP contribution in [0.5, 0.6) is 5.75 Å². The quantitative estimate of drug-likeness (QED) is 0.886. The molecule has 19 heavy (non-hydrogen) atoms. The van der Waals surface area contributed by atoms with Gasteiger partial charge in [-0.3, -0.25) is 4.79 Å². The number of nitrogens with one attached hydrogen (secondary N) is 1. The van der Waals surface area contributed by atoms with Gasteiger partial charge in [0.25, 0.3) is 5.91 Å². The van der Waals surface area contributed by atoms with Gasteiger partial charge in [-0.2, -0.15) is 0 Å². The molecule has 98 valence electrons. The van der Waals surface area contributed by atoms with Crippen LogP contribution in [0, 0.1) is 13.8 Å². The Morgan fingerprint density at radius 1 is 1.11 bits per heavy atom. The van der Waals surface area contributed by atoms with Crippen LogP contribution in [0.4, 0.5) is 0 Å². The number of rotatable bonds is 3. The van der Waals surface area contributed by atoms with Crippen molar-refractivity contribution in [2.45, 2.75) is 20.4 Å². The Hall–Kier alpha value is -2.29. The fourth-order valence-electron chi connectivity index (χ4n) is 2.04. The van der Waals surface area contributed by atoms with Gasteiger partial charge in [-0.05, 0) is 32.0 Å². The number of carbonyl (C=O) groups excluding carboxylic acids is 1. The van der Waals surface area contributed by atoms with Gasteiger partial charge in [-0.25, -0.2) is 0 Å². The average molecular weight is 255 g/mol. The largest absolute Gasteiger partial charge is 0.508 e. The van der Waals surface area contributed by atoms with Gasteiger partial charge in [-0.1, -0.05) is 35.4 Å². The number of aromatic hydroxyl groups is 1. The number of para-hydroxylation sites is 1. The number of hydrogen-bond acceptors (Lipinski definition) is 2. The molecule has 0 aliphatic carbocycles. The molecule has 1 amide bonds. The molecule has 0 atom stereocenters. The number of aryl methyl sites for hydroxylation is 2. The SMILES string of the molecule is Cc1cc(C)cc(C(=O)NCc2ccccc2O)c1. The number of benzene rings is 2. The molecule has 3 heteroatoms. The van der Waals surface area contributed by atoms with E-state index in [1.54, 1.807) is 18.2 Å². The average Bonchev–Trinajstić information content (AvgIpc) is 2.36. The molecule has 2 N–H and O–H groups in total. The Labute approximate surface area is 112 Å². The molecule has 0 heterocycles. The second-order valence-corrected chi connectivity index (χ2v) is 4.69. The first-order valence-electron chi connectivity index (χ1n) is 6.19. The van der Waals surface area contributed by atoms with E-state index in [1.165, 1.54) is 0 Å². The lowest BCUT2D eigenvalue weighted by atomic mass is 10.1. The number of carbonyl (C=O) groups is 1. The molecular weight excluding hydrogens is 238 g/mol. The second-order valence-electron chi connectivity index (χ2n) is 4.69. The molecule has 0 spiro atoms. The van der Waals surface area contributed by atoms with Gasteiger partial charge < -0.3 is 10.4 Å². The van der Waals surface area contributed by atoms with Gasteiger partial charge in [-0.15, -0.1) is 0 Å². The molecule has 0 unspecified atom stereocenters. The zero-order valence-electron chi connectivity index (χ0n) is 11.1. The van der Waals surface area contributed by atoms with Crippen LogP contribution in [-0.4, -0.2) is 11.0 Å². The third kappa shape index (κ3) is 3.35. The zero-order chi connectivity index (χ0) is 13.8. The van der Waals surface area contributed by atoms with E-state index in [-0.39, 0.29) is 11.7 Å². The molecule has 2 rings (SSSR count). The predicted molar refractivity (Wildman–Crippen MR) is 75.2 cm³/mol. The van der Waals surface area contributed by atoms with Crippen LogP contribution < -0.4 is 5.32 Å². The fourth-order valence-corrected chi connectivity index (χ4v) is 2.04. The Morgan fingerprint density at radius 3 is 2.37 bits per heavy atom. The van der Waals surface area contributed by atoms with E-state index in [9.17, 15) is 9.90 Å². The summed E-state index contributed by atoms with van der Waals surface area (Å²) in [5, 5.41) is 12.4. The Bertz CT molecular complexity index is 585. The summed E-state index contributed by atoms with van der Waals surface area (Å²) in [6, 6.07) is 12.7. The van der Waals surface area contributed by atoms with Gasteiger partial charge in [0.15, 0.2) is 0 Å². The number of phenolic OH excluding ortho intramolecular Hbond substituents is 1. The van der Waals surface area contributed by atoms with E-state index in [4.69, 9.17) is 0 Å². The van der Waals surface area contributed by atoms with Crippen LogP contribution in [0.1, 0.15) is 27.0 Å². The standard InChI is InChI=1S/C16H17NO2/c1-11-7-12(2)9-14(8-11)16(19)17-10-13-5-3-4-6-15(13)18/h3-9,18H,10H2,1-2H3,(H,17,19). The minimum absolute atomic E-state index is 0.130. The van der Waals surface area contributed by atoms with Crippen molar-refractivity contribution in [2.75, 3.05) is 0 Å². The molecule has 3 nitrogen and oxygen atoms in total. The van der Waals surface area contributed by atoms with E-state index in [0.29, 0.717) is 17.7 Å². The summed E-state index contributed by atoms with van der Waals surface area (Å²) >= 11 is 0. The zero-order valence-corrected chi connectivity index (χ0v) is 11.1. The monoisotopic (exact) mass is 255 g/mol. The second kappa shape index (κ2) is 5.57. The summed E-state index contributed by atoms with van der Waals surface area (Å²) in [7, 11) is 0. The summed E-state index contributed by atoms with van der Waals surface area (Å²) in [5.41, 5.74) is 3.48. The van der Waals surface area contributed by atoms with E-state index in [1.807, 2.05) is 38.1 Å². The van der Waals surface area contributed by atoms with Gasteiger partial charge in [0.2, 0.25) is 0 Å². The van der Waals surface area contributed by atoms with Crippen molar-refractivity contribution in [2.24, 2.45) is 0 Å². The third-order valence-corrected chi connectivity index (χ3v) is 2.91. The third-order valence-electron chi connectivity index (χ3n) is 2.91. The highest BCUT2D eigenvalue weighted by atomic mass is 16.3. The highest BCUT2D eigenvalue weighted by Gasteiger charge is 2.07. The summed E-state index contributed by atoms with van der Waals surface area (Å²) < 4.78 is 0. The van der Waals surface area contributed by atoms with Crippen LogP contribution in [0.25, 0.3) is 0 Å². The van der Waals surface area contributed by atoms with E-state index >= 15 is 0 Å². The van der Waals surface area contributed by atoms with E-state index in [2.05, 4.69) is 5.32 Å². The first-order valence-corrected chi connectivity index (χ1v) is 6.19. The van der Waals surface area contributed by atoms with Crippen LogP contribution in [0.15, 0.2) is 42.5 Å². The van der Waals surface area contributed by atoms with Crippen molar-refractivity contribution in [1.82, 2.24) is 5.32 Å². The maximum absolute atomic E-state index is 12.0. The molecule has 0 aliphatic heterocycles. The molecule has 2 aromatic rings. The molecule has 2 aromatic carbocycles. The summed E-state index contributed by atoms with van der Waals surface area (Å²) in [4.78, 5) is 12.0. The molecule has 0 fully saturated rings. The van der Waals surface area contributed by atoms with Crippen molar-refractivity contribution >= 4 is 5.91 Å². The first-order chi connectivity index (χ1) is 9.06. The Morgan fingerprint density at radius 2 is 1.74 bits per heavy atom. The van der Waals surface area contributed by atoms with Crippen molar-refractivity contribution in [3.05, 3.63) is 64.7 Å². The number of amides is 1. The number of phenols is 1. The van der Waals surface area contributed by atoms with E-state index < -0.39 is 0 Å². The lowest BCUT2D eigenvalue weighted by Crippen LogP contribution is -2.23. The van der Waals surface area contributed by atoms with Crippen LogP contribution in [-0.2, 0) is 6.54 Å². The van der Waals surface area contributed by atoms with Crippen molar-refractivity contribution in [3.8, 4) is 5.75 Å². The van der Waals surface area contributed by atoms with Gasteiger partial charge in [0.05, 0.1) is 0 Å². The van der Waals surface area contributed by atoms with Gasteiger partial charge in [0, 0.05) is 17.7 Å². The van der Waals surface area contributed by atoms with Gasteiger partial charge >= 0.3 is 0 Å². The lowest BCUT2D eigenvalue weighted by molar-refractivity contribution is 0.0950. The molecule has 0 saturated heterocycles. The molecule has 0 aliphatic rings. The minimum Gasteiger partial charge on any atom is -0.508 e. The van der Waals surface area contributed by atoms with Gasteiger partial charge in [0.1, 0.15) is 5.75 Å². The highest BCUT2D eigenvalue weighted by molar-refractivity contribution is 5.94. The maximum Gasteiger partial charge on any atom is 0.251 e. The van der Waals surface area contributed by atoms with Crippen LogP contribution in [0.3, 0.4) is 0 Å². The highest BCUT2D eigenvalue weighted by Crippen LogP contribution is 2.15. The predicted octanol–water partition coefficient (Wildman–Crippen LogP) is 2.94. The lowest BCUT2D eigenvalue weighted by Gasteiger charge is -2.08. The Balaban J connectivity index is 2.08. The molecule has 0 radical (unpaired) electrons. The fraction of sp³-hybridized carbons (Fsp3) is 0.188. The van der Waals surface area contributed by atoms with Crippen LogP contribution >= 0.6 is 0 Å². The molecule has 0 saturated carbocycles. The molecular formula is C16H17NO2. The molecule has 0 bridgehead atoms.